The van der Waals surface area contributed by atoms with Crippen LogP contribution in [0.25, 0.3) is 0 Å². The molecule has 0 aliphatic heterocycles. The normalized spacial score (nSPS) is 12.0. The van der Waals surface area contributed by atoms with Gasteiger partial charge < -0.3 is 15.7 Å². The number of nitrogens with zero attached hydrogens (tertiary/aromatic N) is 1. The van der Waals surface area contributed by atoms with Crippen molar-refractivity contribution in [2.75, 3.05) is 19.0 Å². The van der Waals surface area contributed by atoms with Crippen molar-refractivity contribution in [2.24, 2.45) is 0 Å². The maximum absolute atomic E-state index is 12.0. The third-order valence-corrected chi connectivity index (χ3v) is 2.68. The minimum absolute atomic E-state index is 0.00891. The second kappa shape index (κ2) is 7.18. The molecule has 3 N–H and O–H groups in total. The summed E-state index contributed by atoms with van der Waals surface area (Å²) < 4.78 is 0. The van der Waals surface area contributed by atoms with Gasteiger partial charge in [0.1, 0.15) is 11.0 Å². The van der Waals surface area contributed by atoms with Crippen LogP contribution in [0.1, 0.15) is 30.1 Å². The molecule has 0 aromatic carbocycles. The highest BCUT2D eigenvalue weighted by Crippen LogP contribution is 2.14. The molecule has 0 saturated carbocycles. The van der Waals surface area contributed by atoms with Gasteiger partial charge >= 0.3 is 0 Å². The van der Waals surface area contributed by atoms with Gasteiger partial charge in [-0.05, 0) is 31.9 Å². The lowest BCUT2D eigenvalue weighted by Crippen LogP contribution is -2.32. The Morgan fingerprint density at radius 2 is 2.28 bits per heavy atom. The second-order valence-electron chi connectivity index (χ2n) is 4.05. The van der Waals surface area contributed by atoms with Gasteiger partial charge in [-0.1, -0.05) is 11.6 Å². The topological polar surface area (TPSA) is 74.2 Å². The summed E-state index contributed by atoms with van der Waals surface area (Å²) in [7, 11) is 1.71. The van der Waals surface area contributed by atoms with Crippen LogP contribution in [0.5, 0.6) is 0 Å². The van der Waals surface area contributed by atoms with E-state index in [1.807, 2.05) is 6.92 Å². The van der Waals surface area contributed by atoms with E-state index in [9.17, 15) is 4.79 Å². The highest BCUT2D eigenvalue weighted by molar-refractivity contribution is 6.29. The van der Waals surface area contributed by atoms with E-state index in [1.165, 1.54) is 6.07 Å². The third-order valence-electron chi connectivity index (χ3n) is 2.49. The number of carbonyl (C=O) groups excluding carboxylic acids is 1. The van der Waals surface area contributed by atoms with Gasteiger partial charge in [0.2, 0.25) is 0 Å². The minimum atomic E-state index is -0.193. The second-order valence-corrected chi connectivity index (χ2v) is 4.44. The molecule has 18 heavy (non-hydrogen) atoms. The van der Waals surface area contributed by atoms with Crippen LogP contribution in [0.15, 0.2) is 12.1 Å². The Labute approximate surface area is 112 Å². The maximum atomic E-state index is 12.0. The summed E-state index contributed by atoms with van der Waals surface area (Å²) >= 11 is 5.83. The summed E-state index contributed by atoms with van der Waals surface area (Å²) in [5.41, 5.74) is 0.468. The number of anilines is 1. The number of rotatable bonds is 6. The van der Waals surface area contributed by atoms with Crippen molar-refractivity contribution < 1.29 is 9.90 Å². The maximum Gasteiger partial charge on any atom is 0.251 e. The number of carbonyl (C=O) groups is 1. The molecule has 0 saturated heterocycles. The van der Waals surface area contributed by atoms with Crippen LogP contribution in [0.3, 0.4) is 0 Å². The molecule has 0 aliphatic carbocycles. The molecule has 1 heterocycles. The summed E-state index contributed by atoms with van der Waals surface area (Å²) in [5, 5.41) is 14.7. The zero-order valence-corrected chi connectivity index (χ0v) is 11.3. The van der Waals surface area contributed by atoms with Gasteiger partial charge in [-0.3, -0.25) is 4.79 Å². The molecule has 6 heteroatoms. The zero-order valence-electron chi connectivity index (χ0n) is 10.5. The van der Waals surface area contributed by atoms with Crippen molar-refractivity contribution in [2.45, 2.75) is 25.8 Å². The van der Waals surface area contributed by atoms with Gasteiger partial charge in [0.25, 0.3) is 5.91 Å². The molecule has 1 unspecified atom stereocenters. The summed E-state index contributed by atoms with van der Waals surface area (Å²) in [6, 6.07) is 3.17. The first-order valence-corrected chi connectivity index (χ1v) is 6.21. The SMILES string of the molecule is CNc1cc(C(=O)NC(C)CCCO)cc(Cl)n1. The fourth-order valence-corrected chi connectivity index (χ4v) is 1.74. The van der Waals surface area contributed by atoms with Crippen LogP contribution < -0.4 is 10.6 Å². The number of aliphatic hydroxyl groups is 1. The number of aliphatic hydroxyl groups excluding tert-OH is 1. The highest BCUT2D eigenvalue weighted by atomic mass is 35.5. The quantitative estimate of drug-likeness (QED) is 0.688. The van der Waals surface area contributed by atoms with Crippen molar-refractivity contribution in [1.82, 2.24) is 10.3 Å². The van der Waals surface area contributed by atoms with Crippen molar-refractivity contribution in [3.63, 3.8) is 0 Å². The summed E-state index contributed by atoms with van der Waals surface area (Å²) in [5.74, 6) is 0.358. The molecule has 0 fully saturated rings. The molecule has 100 valence electrons. The number of hydrogen-bond acceptors (Lipinski definition) is 4. The van der Waals surface area contributed by atoms with E-state index in [1.54, 1.807) is 13.1 Å². The van der Waals surface area contributed by atoms with E-state index < -0.39 is 0 Å². The smallest absolute Gasteiger partial charge is 0.251 e. The van der Waals surface area contributed by atoms with Gasteiger partial charge in [-0.25, -0.2) is 4.98 Å². The third kappa shape index (κ3) is 4.50. The molecule has 0 bridgehead atoms. The Hall–Kier alpha value is -1.33. The first-order chi connectivity index (χ1) is 8.56. The number of nitrogens with one attached hydrogen (secondary N) is 2. The van der Waals surface area contributed by atoms with Crippen molar-refractivity contribution in [3.05, 3.63) is 22.8 Å². The standard InChI is InChI=1S/C12H18ClN3O2/c1-8(4-3-5-17)15-12(18)9-6-10(13)16-11(7-9)14-2/h6-8,17H,3-5H2,1-2H3,(H,14,16)(H,15,18). The number of amides is 1. The average Bonchev–Trinajstić information content (AvgIpc) is 2.35. The zero-order chi connectivity index (χ0) is 13.5. The lowest BCUT2D eigenvalue weighted by molar-refractivity contribution is 0.0936. The average molecular weight is 272 g/mol. The van der Waals surface area contributed by atoms with Gasteiger partial charge in [-0.2, -0.15) is 0 Å². The van der Waals surface area contributed by atoms with E-state index in [0.29, 0.717) is 17.8 Å². The molecule has 0 spiro atoms. The molecule has 1 aromatic rings. The first-order valence-electron chi connectivity index (χ1n) is 5.84. The summed E-state index contributed by atoms with van der Waals surface area (Å²) in [4.78, 5) is 16.0. The monoisotopic (exact) mass is 271 g/mol. The number of hydrogen-bond donors (Lipinski definition) is 3. The molecule has 1 amide bonds. The summed E-state index contributed by atoms with van der Waals surface area (Å²) in [6.45, 7) is 2.03. The van der Waals surface area contributed by atoms with Crippen LogP contribution >= 0.6 is 11.6 Å². The molecule has 1 atom stereocenters. The summed E-state index contributed by atoms with van der Waals surface area (Å²) in [6.07, 6.45) is 1.40. The van der Waals surface area contributed by atoms with Crippen molar-refractivity contribution >= 4 is 23.3 Å². The Bertz CT molecular complexity index is 412. The van der Waals surface area contributed by atoms with Crippen LogP contribution in [-0.4, -0.2) is 35.7 Å². The molecular formula is C12H18ClN3O2. The van der Waals surface area contributed by atoms with Crippen molar-refractivity contribution in [1.29, 1.82) is 0 Å². The Kier molecular flexibility index (Phi) is 5.88. The fourth-order valence-electron chi connectivity index (χ4n) is 1.53. The van der Waals surface area contributed by atoms with Gasteiger partial charge in [-0.15, -0.1) is 0 Å². The van der Waals surface area contributed by atoms with Gasteiger partial charge in [0.15, 0.2) is 0 Å². The van der Waals surface area contributed by atoms with Gasteiger partial charge in [0.05, 0.1) is 0 Å². The highest BCUT2D eigenvalue weighted by Gasteiger charge is 2.11. The first kappa shape index (κ1) is 14.7. The lowest BCUT2D eigenvalue weighted by atomic mass is 10.1. The molecule has 1 rings (SSSR count). The number of pyridine rings is 1. The van der Waals surface area contributed by atoms with Crippen LogP contribution in [0.2, 0.25) is 5.15 Å². The molecular weight excluding hydrogens is 254 g/mol. The van der Waals surface area contributed by atoms with Gasteiger partial charge in [0, 0.05) is 25.3 Å². The molecule has 5 nitrogen and oxygen atoms in total. The minimum Gasteiger partial charge on any atom is -0.396 e. The molecule has 1 aromatic heterocycles. The number of aromatic nitrogens is 1. The van der Waals surface area contributed by atoms with E-state index in [2.05, 4.69) is 15.6 Å². The largest absolute Gasteiger partial charge is 0.396 e. The molecule has 0 aliphatic rings. The lowest BCUT2D eigenvalue weighted by Gasteiger charge is -2.13. The fraction of sp³-hybridized carbons (Fsp3) is 0.500. The van der Waals surface area contributed by atoms with E-state index in [-0.39, 0.29) is 23.7 Å². The number of halogens is 1. The van der Waals surface area contributed by atoms with Crippen LogP contribution in [0.4, 0.5) is 5.82 Å². The predicted octanol–water partition coefficient (Wildman–Crippen LogP) is 1.67. The Morgan fingerprint density at radius 3 is 2.89 bits per heavy atom. The van der Waals surface area contributed by atoms with E-state index in [0.717, 1.165) is 6.42 Å². The Balaban J connectivity index is 2.68. The van der Waals surface area contributed by atoms with E-state index in [4.69, 9.17) is 16.7 Å². The van der Waals surface area contributed by atoms with Crippen LogP contribution in [0, 0.1) is 0 Å². The molecule has 0 radical (unpaired) electrons. The van der Waals surface area contributed by atoms with Crippen LogP contribution in [-0.2, 0) is 0 Å². The van der Waals surface area contributed by atoms with Crippen molar-refractivity contribution in [3.8, 4) is 0 Å². The Morgan fingerprint density at radius 1 is 1.56 bits per heavy atom. The van der Waals surface area contributed by atoms with E-state index >= 15 is 0 Å². The predicted molar refractivity (Wildman–Crippen MR) is 72.0 cm³/mol.